The van der Waals surface area contributed by atoms with Crippen molar-refractivity contribution in [2.75, 3.05) is 14.2 Å². The molecule has 1 aliphatic carbocycles. The molecule has 2 N–H and O–H groups in total. The number of amides is 1. The highest BCUT2D eigenvalue weighted by atomic mass is 16.5. The van der Waals surface area contributed by atoms with Crippen molar-refractivity contribution in [1.82, 2.24) is 19.9 Å². The van der Waals surface area contributed by atoms with Gasteiger partial charge in [-0.2, -0.15) is 5.10 Å². The number of hydrogen-bond acceptors (Lipinski definition) is 5. The number of benzene rings is 1. The first-order chi connectivity index (χ1) is 12.6. The molecule has 1 aromatic carbocycles. The Labute approximate surface area is 148 Å². The molecule has 8 heteroatoms. The fourth-order valence-electron chi connectivity index (χ4n) is 3.36. The van der Waals surface area contributed by atoms with Gasteiger partial charge in [0.25, 0.3) is 5.91 Å². The molecule has 0 saturated heterocycles. The summed E-state index contributed by atoms with van der Waals surface area (Å²) in [6.07, 6.45) is 3.13. The van der Waals surface area contributed by atoms with Crippen molar-refractivity contribution in [3.8, 4) is 11.5 Å². The van der Waals surface area contributed by atoms with E-state index < -0.39 is 0 Å². The lowest BCUT2D eigenvalue weighted by molar-refractivity contribution is 0.0936. The summed E-state index contributed by atoms with van der Waals surface area (Å²) in [6.45, 7) is 0. The third kappa shape index (κ3) is 2.59. The molecule has 0 saturated carbocycles. The highest BCUT2D eigenvalue weighted by molar-refractivity contribution is 5.94. The van der Waals surface area contributed by atoms with Crippen molar-refractivity contribution in [3.63, 3.8) is 0 Å². The first-order valence-electron chi connectivity index (χ1n) is 8.23. The van der Waals surface area contributed by atoms with Crippen LogP contribution >= 0.6 is 0 Å². The van der Waals surface area contributed by atoms with Crippen molar-refractivity contribution in [2.24, 2.45) is 0 Å². The third-order valence-electron chi connectivity index (χ3n) is 4.70. The van der Waals surface area contributed by atoms with Gasteiger partial charge in [0.2, 0.25) is 0 Å². The average molecular weight is 354 g/mol. The highest BCUT2D eigenvalue weighted by Gasteiger charge is 2.26. The quantitative estimate of drug-likeness (QED) is 0.739. The molecule has 0 fully saturated rings. The number of aromatic nitrogens is 3. The van der Waals surface area contributed by atoms with Crippen LogP contribution in [0.5, 0.6) is 11.5 Å². The van der Waals surface area contributed by atoms with Gasteiger partial charge in [-0.25, -0.2) is 14.3 Å². The van der Waals surface area contributed by atoms with Crippen LogP contribution < -0.4 is 20.5 Å². The number of nitrogens with one attached hydrogen (secondary N) is 2. The maximum absolute atomic E-state index is 12.7. The van der Waals surface area contributed by atoms with Crippen LogP contribution in [0.1, 0.15) is 33.9 Å². The monoisotopic (exact) mass is 354 g/mol. The third-order valence-corrected chi connectivity index (χ3v) is 4.70. The molecule has 1 atom stereocenters. The summed E-state index contributed by atoms with van der Waals surface area (Å²) in [5.41, 5.74) is 2.65. The van der Waals surface area contributed by atoms with Gasteiger partial charge in [-0.05, 0) is 48.2 Å². The Kier molecular flexibility index (Phi) is 3.87. The number of nitrogens with zero attached hydrogens (tertiary/aromatic N) is 2. The molecule has 0 bridgehead atoms. The standard InChI is InChI=1S/C18H18N4O4/c1-25-14-7-10-3-5-13(12(10)8-15(14)26-2)19-17(23)11-4-6-16-20-21-18(24)22(16)9-11/h4,6-9,13H,3,5H2,1-2H3,(H,19,23)(H,21,24). The Bertz CT molecular complexity index is 1050. The van der Waals surface area contributed by atoms with Gasteiger partial charge in [-0.1, -0.05) is 0 Å². The molecule has 4 rings (SSSR count). The second-order valence-corrected chi connectivity index (χ2v) is 6.15. The lowest BCUT2D eigenvalue weighted by atomic mass is 10.1. The topological polar surface area (TPSA) is 97.7 Å². The summed E-state index contributed by atoms with van der Waals surface area (Å²) < 4.78 is 12.0. The zero-order chi connectivity index (χ0) is 18.3. The van der Waals surface area contributed by atoms with Crippen LogP contribution in [0.2, 0.25) is 0 Å². The van der Waals surface area contributed by atoms with Crippen LogP contribution in [-0.2, 0) is 6.42 Å². The number of fused-ring (bicyclic) bond motifs is 2. The van der Waals surface area contributed by atoms with E-state index in [2.05, 4.69) is 15.5 Å². The first-order valence-corrected chi connectivity index (χ1v) is 8.23. The SMILES string of the molecule is COc1cc2c(cc1OC)C(NC(=O)c1ccc3n[nH]c(=O)n3c1)CC2. The molecular formula is C18H18N4O4. The van der Waals surface area contributed by atoms with E-state index in [-0.39, 0.29) is 17.6 Å². The molecule has 0 radical (unpaired) electrons. The molecule has 1 unspecified atom stereocenters. The predicted octanol–water partition coefficient (Wildman–Crippen LogP) is 1.46. The molecule has 2 heterocycles. The van der Waals surface area contributed by atoms with Crippen LogP contribution in [-0.4, -0.2) is 34.7 Å². The number of H-pyrrole nitrogens is 1. The van der Waals surface area contributed by atoms with Gasteiger partial charge in [-0.3, -0.25) is 4.79 Å². The van der Waals surface area contributed by atoms with E-state index in [0.717, 1.165) is 24.0 Å². The number of aromatic amines is 1. The molecule has 26 heavy (non-hydrogen) atoms. The Morgan fingerprint density at radius 1 is 1.27 bits per heavy atom. The van der Waals surface area contributed by atoms with E-state index in [1.54, 1.807) is 26.4 Å². The van der Waals surface area contributed by atoms with Crippen LogP contribution in [0, 0.1) is 0 Å². The summed E-state index contributed by atoms with van der Waals surface area (Å²) in [5, 5.41) is 9.24. The molecule has 0 spiro atoms. The zero-order valence-corrected chi connectivity index (χ0v) is 14.4. The number of aryl methyl sites for hydroxylation is 1. The maximum atomic E-state index is 12.7. The maximum Gasteiger partial charge on any atom is 0.347 e. The predicted molar refractivity (Wildman–Crippen MR) is 93.9 cm³/mol. The Morgan fingerprint density at radius 3 is 2.81 bits per heavy atom. The minimum Gasteiger partial charge on any atom is -0.493 e. The van der Waals surface area contributed by atoms with Gasteiger partial charge in [0.15, 0.2) is 17.1 Å². The highest BCUT2D eigenvalue weighted by Crippen LogP contribution is 2.39. The number of methoxy groups -OCH3 is 2. The fraction of sp³-hybridized carbons (Fsp3) is 0.278. The zero-order valence-electron chi connectivity index (χ0n) is 14.4. The molecule has 2 aromatic heterocycles. The van der Waals surface area contributed by atoms with E-state index in [1.807, 2.05) is 12.1 Å². The molecule has 1 aliphatic rings. The largest absolute Gasteiger partial charge is 0.493 e. The summed E-state index contributed by atoms with van der Waals surface area (Å²) in [4.78, 5) is 24.3. The molecule has 134 valence electrons. The van der Waals surface area contributed by atoms with Gasteiger partial charge in [0.05, 0.1) is 25.8 Å². The summed E-state index contributed by atoms with van der Waals surface area (Å²) in [5.74, 6) is 1.08. The number of ether oxygens (including phenoxy) is 2. The average Bonchev–Trinajstić information content (AvgIpc) is 3.23. The molecular weight excluding hydrogens is 336 g/mol. The number of rotatable bonds is 4. The van der Waals surface area contributed by atoms with Crippen molar-refractivity contribution >= 4 is 11.6 Å². The summed E-state index contributed by atoms with van der Waals surface area (Å²) in [6, 6.07) is 7.03. The van der Waals surface area contributed by atoms with E-state index >= 15 is 0 Å². The summed E-state index contributed by atoms with van der Waals surface area (Å²) in [7, 11) is 3.19. The number of carbonyl (C=O) groups excluding carboxylic acids is 1. The van der Waals surface area contributed by atoms with Crippen molar-refractivity contribution in [1.29, 1.82) is 0 Å². The van der Waals surface area contributed by atoms with Crippen molar-refractivity contribution < 1.29 is 14.3 Å². The van der Waals surface area contributed by atoms with Gasteiger partial charge in [0.1, 0.15) is 0 Å². The Balaban J connectivity index is 1.61. The van der Waals surface area contributed by atoms with Gasteiger partial charge in [0, 0.05) is 6.20 Å². The van der Waals surface area contributed by atoms with E-state index in [0.29, 0.717) is 22.7 Å². The minimum absolute atomic E-state index is 0.117. The fourth-order valence-corrected chi connectivity index (χ4v) is 3.36. The smallest absolute Gasteiger partial charge is 0.347 e. The second kappa shape index (κ2) is 6.21. The van der Waals surface area contributed by atoms with Crippen LogP contribution in [0.3, 0.4) is 0 Å². The normalized spacial score (nSPS) is 15.7. The number of pyridine rings is 1. The molecule has 3 aromatic rings. The van der Waals surface area contributed by atoms with Crippen LogP contribution in [0.15, 0.2) is 35.3 Å². The number of carbonyl (C=O) groups is 1. The van der Waals surface area contributed by atoms with Crippen molar-refractivity contribution in [2.45, 2.75) is 18.9 Å². The minimum atomic E-state index is -0.377. The Morgan fingerprint density at radius 2 is 2.04 bits per heavy atom. The lowest BCUT2D eigenvalue weighted by Crippen LogP contribution is -2.27. The van der Waals surface area contributed by atoms with Gasteiger partial charge < -0.3 is 14.8 Å². The van der Waals surface area contributed by atoms with Crippen LogP contribution in [0.4, 0.5) is 0 Å². The van der Waals surface area contributed by atoms with Crippen molar-refractivity contribution in [3.05, 3.63) is 57.6 Å². The molecule has 0 aliphatic heterocycles. The van der Waals surface area contributed by atoms with Gasteiger partial charge in [-0.15, -0.1) is 0 Å². The lowest BCUT2D eigenvalue weighted by Gasteiger charge is -2.16. The van der Waals surface area contributed by atoms with Crippen LogP contribution in [0.25, 0.3) is 5.65 Å². The van der Waals surface area contributed by atoms with E-state index in [4.69, 9.17) is 9.47 Å². The Hall–Kier alpha value is -3.29. The van der Waals surface area contributed by atoms with E-state index in [1.165, 1.54) is 10.6 Å². The van der Waals surface area contributed by atoms with E-state index in [9.17, 15) is 9.59 Å². The first kappa shape index (κ1) is 16.2. The molecule has 1 amide bonds. The summed E-state index contributed by atoms with van der Waals surface area (Å²) >= 11 is 0. The van der Waals surface area contributed by atoms with Gasteiger partial charge >= 0.3 is 5.69 Å². The second-order valence-electron chi connectivity index (χ2n) is 6.15. The number of hydrogen-bond donors (Lipinski definition) is 2. The molecule has 8 nitrogen and oxygen atoms in total.